The molecule has 1 aromatic carbocycles. The number of aromatic nitrogens is 1. The van der Waals surface area contributed by atoms with Gasteiger partial charge in [-0.2, -0.15) is 0 Å². The van der Waals surface area contributed by atoms with E-state index >= 15 is 0 Å². The van der Waals surface area contributed by atoms with Crippen LogP contribution in [0.5, 0.6) is 5.75 Å². The number of rotatable bonds is 8. The number of para-hydroxylation sites is 1. The van der Waals surface area contributed by atoms with Gasteiger partial charge >= 0.3 is 0 Å². The molecular formula is C25H36N6O. The van der Waals surface area contributed by atoms with E-state index in [1.807, 2.05) is 25.4 Å². The normalized spacial score (nSPS) is 18.1. The first-order chi connectivity index (χ1) is 15.8. The van der Waals surface area contributed by atoms with Gasteiger partial charge in [0.2, 0.25) is 0 Å². The van der Waals surface area contributed by atoms with Crippen molar-refractivity contribution in [1.29, 1.82) is 0 Å². The van der Waals surface area contributed by atoms with Gasteiger partial charge in [0, 0.05) is 45.0 Å². The van der Waals surface area contributed by atoms with Crippen LogP contribution in [0.15, 0.2) is 47.6 Å². The number of aliphatic imine (C=N–C) groups is 1. The van der Waals surface area contributed by atoms with Crippen LogP contribution in [-0.4, -0.2) is 62.7 Å². The van der Waals surface area contributed by atoms with Crippen LogP contribution >= 0.6 is 0 Å². The summed E-state index contributed by atoms with van der Waals surface area (Å²) in [5.41, 5.74) is 2.44. The van der Waals surface area contributed by atoms with Gasteiger partial charge in [-0.3, -0.25) is 9.89 Å². The quantitative estimate of drug-likeness (QED) is 0.489. The predicted octanol–water partition coefficient (Wildman–Crippen LogP) is 3.19. The third-order valence-electron chi connectivity index (χ3n) is 6.47. The van der Waals surface area contributed by atoms with E-state index < -0.39 is 0 Å². The Bertz CT molecular complexity index is 890. The minimum Gasteiger partial charge on any atom is -0.496 e. The lowest BCUT2D eigenvalue weighted by Crippen LogP contribution is -2.42. The monoisotopic (exact) mass is 436 g/mol. The van der Waals surface area contributed by atoms with Gasteiger partial charge in [0.25, 0.3) is 0 Å². The van der Waals surface area contributed by atoms with Gasteiger partial charge in [-0.05, 0) is 62.5 Å². The molecule has 2 aliphatic heterocycles. The zero-order valence-electron chi connectivity index (χ0n) is 19.4. The van der Waals surface area contributed by atoms with Crippen molar-refractivity contribution in [2.24, 2.45) is 4.99 Å². The van der Waals surface area contributed by atoms with Crippen molar-refractivity contribution in [1.82, 2.24) is 20.5 Å². The van der Waals surface area contributed by atoms with Crippen LogP contribution in [0.1, 0.15) is 42.9 Å². The highest BCUT2D eigenvalue weighted by molar-refractivity contribution is 5.79. The minimum absolute atomic E-state index is 0.245. The van der Waals surface area contributed by atoms with Crippen molar-refractivity contribution in [3.05, 3.63) is 53.7 Å². The van der Waals surface area contributed by atoms with Crippen LogP contribution in [0.2, 0.25) is 0 Å². The number of methoxy groups -OCH3 is 1. The Morgan fingerprint density at radius 3 is 2.56 bits per heavy atom. The maximum Gasteiger partial charge on any atom is 0.191 e. The molecule has 0 spiro atoms. The van der Waals surface area contributed by atoms with Gasteiger partial charge < -0.3 is 20.3 Å². The van der Waals surface area contributed by atoms with Crippen molar-refractivity contribution in [3.8, 4) is 5.75 Å². The third kappa shape index (κ3) is 5.51. The summed E-state index contributed by atoms with van der Waals surface area (Å²) in [7, 11) is 3.57. The van der Waals surface area contributed by atoms with Crippen molar-refractivity contribution < 1.29 is 4.74 Å². The number of ether oxygens (including phenoxy) is 1. The molecule has 1 atom stereocenters. The fourth-order valence-electron chi connectivity index (χ4n) is 4.72. The van der Waals surface area contributed by atoms with Gasteiger partial charge in [0.1, 0.15) is 11.6 Å². The molecule has 7 heteroatoms. The largest absolute Gasteiger partial charge is 0.496 e. The highest BCUT2D eigenvalue weighted by Crippen LogP contribution is 2.31. The van der Waals surface area contributed by atoms with Crippen LogP contribution in [0.25, 0.3) is 0 Å². The third-order valence-corrected chi connectivity index (χ3v) is 6.47. The van der Waals surface area contributed by atoms with Gasteiger partial charge in [0.15, 0.2) is 5.96 Å². The molecular weight excluding hydrogens is 400 g/mol. The van der Waals surface area contributed by atoms with Crippen LogP contribution in [0.3, 0.4) is 0 Å². The average molecular weight is 437 g/mol. The zero-order valence-corrected chi connectivity index (χ0v) is 19.4. The first-order valence-electron chi connectivity index (χ1n) is 11.8. The molecule has 0 radical (unpaired) electrons. The van der Waals surface area contributed by atoms with E-state index in [0.29, 0.717) is 6.54 Å². The summed E-state index contributed by atoms with van der Waals surface area (Å²) in [4.78, 5) is 13.9. The molecule has 2 saturated heterocycles. The maximum absolute atomic E-state index is 5.67. The second kappa shape index (κ2) is 11.2. The Morgan fingerprint density at radius 1 is 1.06 bits per heavy atom. The Morgan fingerprint density at radius 2 is 1.81 bits per heavy atom. The van der Waals surface area contributed by atoms with Crippen molar-refractivity contribution in [3.63, 3.8) is 0 Å². The predicted molar refractivity (Wildman–Crippen MR) is 130 cm³/mol. The highest BCUT2D eigenvalue weighted by Gasteiger charge is 2.26. The lowest BCUT2D eigenvalue weighted by Gasteiger charge is -2.30. The maximum atomic E-state index is 5.67. The molecule has 0 amide bonds. The van der Waals surface area contributed by atoms with Crippen LogP contribution in [-0.2, 0) is 6.54 Å². The van der Waals surface area contributed by atoms with E-state index in [4.69, 9.17) is 4.74 Å². The second-order valence-electron chi connectivity index (χ2n) is 8.52. The standard InChI is InChI=1S/C25H36N6O/c1-26-25(28-18-20-11-12-27-24(17-20)31-15-7-8-16-31)29-19-22(30-13-5-6-14-30)21-9-3-4-10-23(21)32-2/h3-4,9-12,17,22H,5-8,13-16,18-19H2,1-2H3,(H2,26,28,29). The summed E-state index contributed by atoms with van der Waals surface area (Å²) in [5, 5.41) is 7.02. The summed E-state index contributed by atoms with van der Waals surface area (Å²) in [6.45, 7) is 5.93. The Kier molecular flexibility index (Phi) is 7.82. The fraction of sp³-hybridized carbons (Fsp3) is 0.520. The molecule has 2 aliphatic rings. The summed E-state index contributed by atoms with van der Waals surface area (Å²) in [5.74, 6) is 2.83. The number of nitrogens with one attached hydrogen (secondary N) is 2. The molecule has 0 aliphatic carbocycles. The van der Waals surface area contributed by atoms with Crippen molar-refractivity contribution >= 4 is 11.8 Å². The molecule has 4 rings (SSSR count). The van der Waals surface area contributed by atoms with Gasteiger partial charge in [0.05, 0.1) is 13.2 Å². The van der Waals surface area contributed by atoms with Crippen LogP contribution < -0.4 is 20.3 Å². The second-order valence-corrected chi connectivity index (χ2v) is 8.52. The molecule has 7 nitrogen and oxygen atoms in total. The number of nitrogens with zero attached hydrogens (tertiary/aromatic N) is 4. The van der Waals surface area contributed by atoms with Gasteiger partial charge in [-0.15, -0.1) is 0 Å². The lowest BCUT2D eigenvalue weighted by molar-refractivity contribution is 0.239. The molecule has 0 bridgehead atoms. The molecule has 1 unspecified atom stereocenters. The molecule has 172 valence electrons. The van der Waals surface area contributed by atoms with Gasteiger partial charge in [-0.1, -0.05) is 18.2 Å². The first-order valence-corrected chi connectivity index (χ1v) is 11.8. The minimum atomic E-state index is 0.245. The molecule has 2 fully saturated rings. The number of hydrogen-bond donors (Lipinski definition) is 2. The van der Waals surface area contributed by atoms with Crippen molar-refractivity contribution in [2.45, 2.75) is 38.3 Å². The van der Waals surface area contributed by atoms with E-state index in [1.165, 1.54) is 36.8 Å². The molecule has 0 saturated carbocycles. The number of hydrogen-bond acceptors (Lipinski definition) is 5. The number of likely N-dealkylation sites (tertiary alicyclic amines) is 1. The van der Waals surface area contributed by atoms with E-state index in [-0.39, 0.29) is 6.04 Å². The Balaban J connectivity index is 1.38. The van der Waals surface area contributed by atoms with Crippen molar-refractivity contribution in [2.75, 3.05) is 51.8 Å². The van der Waals surface area contributed by atoms with Crippen LogP contribution in [0.4, 0.5) is 5.82 Å². The molecule has 32 heavy (non-hydrogen) atoms. The number of anilines is 1. The summed E-state index contributed by atoms with van der Waals surface area (Å²) >= 11 is 0. The topological polar surface area (TPSA) is 65.0 Å². The molecule has 3 heterocycles. The zero-order chi connectivity index (χ0) is 22.2. The highest BCUT2D eigenvalue weighted by atomic mass is 16.5. The average Bonchev–Trinajstić information content (AvgIpc) is 3.56. The summed E-state index contributed by atoms with van der Waals surface area (Å²) < 4.78 is 5.67. The smallest absolute Gasteiger partial charge is 0.191 e. The SMILES string of the molecule is CN=C(NCc1ccnc(N2CCCC2)c1)NCC(c1ccccc1OC)N1CCCC1. The Labute approximate surface area is 191 Å². The molecule has 1 aromatic heterocycles. The number of guanidine groups is 1. The van der Waals surface area contributed by atoms with E-state index in [2.05, 4.69) is 54.7 Å². The number of pyridine rings is 1. The van der Waals surface area contributed by atoms with E-state index in [0.717, 1.165) is 50.3 Å². The first kappa shape index (κ1) is 22.4. The fourth-order valence-corrected chi connectivity index (χ4v) is 4.72. The lowest BCUT2D eigenvalue weighted by atomic mass is 10.0. The summed E-state index contributed by atoms with van der Waals surface area (Å²) in [6.07, 6.45) is 6.92. The van der Waals surface area contributed by atoms with E-state index in [1.54, 1.807) is 7.11 Å². The molecule has 2 N–H and O–H groups in total. The van der Waals surface area contributed by atoms with E-state index in [9.17, 15) is 0 Å². The Hall–Kier alpha value is -2.80. The summed E-state index contributed by atoms with van der Waals surface area (Å²) in [6, 6.07) is 12.9. The molecule has 2 aromatic rings. The number of benzene rings is 1. The van der Waals surface area contributed by atoms with Gasteiger partial charge in [-0.25, -0.2) is 4.98 Å². The van der Waals surface area contributed by atoms with Crippen LogP contribution in [0, 0.1) is 0 Å².